The zero-order chi connectivity index (χ0) is 18.4. The van der Waals surface area contributed by atoms with Crippen LogP contribution in [0.2, 0.25) is 0 Å². The minimum absolute atomic E-state index is 0.106. The van der Waals surface area contributed by atoms with Gasteiger partial charge >= 0.3 is 0 Å². The smallest absolute Gasteiger partial charge is 0.270 e. The van der Waals surface area contributed by atoms with Gasteiger partial charge in [-0.1, -0.05) is 18.2 Å². The van der Waals surface area contributed by atoms with E-state index in [1.54, 1.807) is 24.3 Å². The number of hydrogen-bond acceptors (Lipinski definition) is 6. The summed E-state index contributed by atoms with van der Waals surface area (Å²) in [6, 6.07) is 12.5. The van der Waals surface area contributed by atoms with Crippen LogP contribution in [-0.4, -0.2) is 32.0 Å². The molecule has 0 unspecified atom stereocenters. The van der Waals surface area contributed by atoms with Crippen LogP contribution in [-0.2, 0) is 14.6 Å². The Morgan fingerprint density at radius 1 is 1.16 bits per heavy atom. The molecule has 0 atom stereocenters. The van der Waals surface area contributed by atoms with Gasteiger partial charge in [0.15, 0.2) is 9.84 Å². The Hall–Kier alpha value is -2.94. The minimum atomic E-state index is -3.66. The summed E-state index contributed by atoms with van der Waals surface area (Å²) in [7, 11) is -3.66. The molecule has 0 fully saturated rings. The average molecular weight is 363 g/mol. The van der Waals surface area contributed by atoms with E-state index in [4.69, 9.17) is 0 Å². The molecule has 2 rings (SSSR count). The number of carbonyl (C=O) groups excluding carboxylic acids is 1. The fourth-order valence-corrected chi connectivity index (χ4v) is 3.01. The van der Waals surface area contributed by atoms with E-state index in [0.29, 0.717) is 5.69 Å². The quantitative estimate of drug-likeness (QED) is 0.576. The van der Waals surface area contributed by atoms with Gasteiger partial charge in [0.2, 0.25) is 5.91 Å². The fourth-order valence-electron chi connectivity index (χ4n) is 2.13. The molecule has 0 saturated carbocycles. The summed E-state index contributed by atoms with van der Waals surface area (Å²) in [6.07, 6.45) is 1.08. The molecule has 0 aliphatic carbocycles. The lowest BCUT2D eigenvalue weighted by molar-refractivity contribution is -0.385. The number of nitrogens with zero attached hydrogens (tertiary/aromatic N) is 1. The third-order valence-electron chi connectivity index (χ3n) is 3.30. The molecule has 0 aromatic heterocycles. The van der Waals surface area contributed by atoms with Gasteiger partial charge in [0, 0.05) is 37.0 Å². The third-order valence-corrected chi connectivity index (χ3v) is 4.44. The van der Waals surface area contributed by atoms with Gasteiger partial charge in [0.05, 0.1) is 15.5 Å². The van der Waals surface area contributed by atoms with Crippen LogP contribution in [0.15, 0.2) is 53.4 Å². The lowest BCUT2D eigenvalue weighted by atomic mass is 10.2. The van der Waals surface area contributed by atoms with Gasteiger partial charge in [-0.05, 0) is 18.2 Å². The highest BCUT2D eigenvalue weighted by atomic mass is 32.2. The molecule has 0 saturated heterocycles. The first-order valence-electron chi connectivity index (χ1n) is 7.34. The number of anilines is 2. The first-order chi connectivity index (χ1) is 11.8. The standard InChI is InChI=1S/C16H17N3O5S/c1-25(23,24)15-11-13(19(21)22)7-8-14(15)17-10-9-16(20)18-12-5-3-2-4-6-12/h2-8,11,17H,9-10H2,1H3,(H,18,20). The average Bonchev–Trinajstić information content (AvgIpc) is 2.55. The maximum absolute atomic E-state index is 11.9. The van der Waals surface area contributed by atoms with Crippen molar-refractivity contribution in [1.82, 2.24) is 0 Å². The maximum Gasteiger partial charge on any atom is 0.270 e. The number of nitro benzene ring substituents is 1. The second kappa shape index (κ2) is 7.75. The minimum Gasteiger partial charge on any atom is -0.383 e. The molecule has 1 amide bonds. The number of sulfone groups is 1. The molecule has 0 aliphatic heterocycles. The molecule has 2 aromatic carbocycles. The molecule has 0 spiro atoms. The van der Waals surface area contributed by atoms with Crippen molar-refractivity contribution in [3.05, 3.63) is 58.6 Å². The van der Waals surface area contributed by atoms with Gasteiger partial charge in [-0.25, -0.2) is 8.42 Å². The van der Waals surface area contributed by atoms with E-state index in [1.165, 1.54) is 12.1 Å². The molecule has 25 heavy (non-hydrogen) atoms. The van der Waals surface area contributed by atoms with Crippen LogP contribution in [0.25, 0.3) is 0 Å². The van der Waals surface area contributed by atoms with E-state index < -0.39 is 14.8 Å². The lowest BCUT2D eigenvalue weighted by Crippen LogP contribution is -2.17. The molecule has 132 valence electrons. The number of rotatable bonds is 7. The van der Waals surface area contributed by atoms with Crippen LogP contribution in [0.4, 0.5) is 17.1 Å². The van der Waals surface area contributed by atoms with Crippen molar-refractivity contribution in [3.8, 4) is 0 Å². The van der Waals surface area contributed by atoms with E-state index in [2.05, 4.69) is 10.6 Å². The van der Waals surface area contributed by atoms with Crippen molar-refractivity contribution >= 4 is 32.8 Å². The maximum atomic E-state index is 11.9. The molecule has 2 N–H and O–H groups in total. The van der Waals surface area contributed by atoms with Gasteiger partial charge in [0.25, 0.3) is 5.69 Å². The molecule has 9 heteroatoms. The fraction of sp³-hybridized carbons (Fsp3) is 0.188. The number of para-hydroxylation sites is 1. The van der Waals surface area contributed by atoms with Crippen LogP contribution in [0.5, 0.6) is 0 Å². The second-order valence-electron chi connectivity index (χ2n) is 5.30. The van der Waals surface area contributed by atoms with Crippen molar-refractivity contribution in [2.24, 2.45) is 0 Å². The second-order valence-corrected chi connectivity index (χ2v) is 7.28. The Morgan fingerprint density at radius 3 is 2.44 bits per heavy atom. The summed E-state index contributed by atoms with van der Waals surface area (Å²) in [4.78, 5) is 21.8. The van der Waals surface area contributed by atoms with Gasteiger partial charge in [-0.15, -0.1) is 0 Å². The summed E-state index contributed by atoms with van der Waals surface area (Å²) in [6.45, 7) is 0.180. The Labute approximate surface area is 144 Å². The molecule has 2 aromatic rings. The summed E-state index contributed by atoms with van der Waals surface area (Å²) in [5.74, 6) is -0.235. The highest BCUT2D eigenvalue weighted by Crippen LogP contribution is 2.26. The molecular weight excluding hydrogens is 346 g/mol. The predicted octanol–water partition coefficient (Wildman–Crippen LogP) is 2.44. The first-order valence-corrected chi connectivity index (χ1v) is 9.24. The number of hydrogen-bond donors (Lipinski definition) is 2. The van der Waals surface area contributed by atoms with Crippen LogP contribution in [0.1, 0.15) is 6.42 Å². The van der Waals surface area contributed by atoms with E-state index in [0.717, 1.165) is 12.3 Å². The Bertz CT molecular complexity index is 882. The lowest BCUT2D eigenvalue weighted by Gasteiger charge is -2.11. The van der Waals surface area contributed by atoms with Crippen molar-refractivity contribution in [2.75, 3.05) is 23.4 Å². The molecule has 0 bridgehead atoms. The number of carbonyl (C=O) groups is 1. The summed E-state index contributed by atoms with van der Waals surface area (Å²) in [5.41, 5.74) is 0.577. The Balaban J connectivity index is 2.03. The van der Waals surface area contributed by atoms with Gasteiger partial charge < -0.3 is 10.6 Å². The number of benzene rings is 2. The molecule has 0 heterocycles. The van der Waals surface area contributed by atoms with E-state index >= 15 is 0 Å². The van der Waals surface area contributed by atoms with Crippen molar-refractivity contribution in [2.45, 2.75) is 11.3 Å². The van der Waals surface area contributed by atoms with Crippen LogP contribution >= 0.6 is 0 Å². The topological polar surface area (TPSA) is 118 Å². The van der Waals surface area contributed by atoms with Crippen LogP contribution < -0.4 is 10.6 Å². The number of nitro groups is 1. The highest BCUT2D eigenvalue weighted by Gasteiger charge is 2.18. The highest BCUT2D eigenvalue weighted by molar-refractivity contribution is 7.90. The predicted molar refractivity (Wildman–Crippen MR) is 94.4 cm³/mol. The van der Waals surface area contributed by atoms with Crippen LogP contribution in [0.3, 0.4) is 0 Å². The monoisotopic (exact) mass is 363 g/mol. The molecule has 8 nitrogen and oxygen atoms in total. The van der Waals surface area contributed by atoms with Crippen molar-refractivity contribution in [3.63, 3.8) is 0 Å². The molecular formula is C16H17N3O5S. The summed E-state index contributed by atoms with van der Waals surface area (Å²) < 4.78 is 23.6. The van der Waals surface area contributed by atoms with E-state index in [9.17, 15) is 23.3 Å². The Kier molecular flexibility index (Phi) is 5.71. The van der Waals surface area contributed by atoms with Crippen LogP contribution in [0, 0.1) is 10.1 Å². The SMILES string of the molecule is CS(=O)(=O)c1cc([N+](=O)[O-])ccc1NCCC(=O)Nc1ccccc1. The largest absolute Gasteiger partial charge is 0.383 e. The Morgan fingerprint density at radius 2 is 1.84 bits per heavy atom. The van der Waals surface area contributed by atoms with E-state index in [-0.39, 0.29) is 35.1 Å². The first kappa shape index (κ1) is 18.4. The summed E-state index contributed by atoms with van der Waals surface area (Å²) in [5, 5.41) is 16.4. The number of non-ortho nitro benzene ring substituents is 1. The van der Waals surface area contributed by atoms with Gasteiger partial charge in [-0.2, -0.15) is 0 Å². The number of nitrogens with one attached hydrogen (secondary N) is 2. The zero-order valence-corrected chi connectivity index (χ0v) is 14.2. The van der Waals surface area contributed by atoms with Crippen molar-refractivity contribution < 1.29 is 18.1 Å². The van der Waals surface area contributed by atoms with E-state index in [1.807, 2.05) is 6.07 Å². The van der Waals surface area contributed by atoms with Gasteiger partial charge in [0.1, 0.15) is 0 Å². The number of amides is 1. The molecule has 0 aliphatic rings. The van der Waals surface area contributed by atoms with Crippen molar-refractivity contribution in [1.29, 1.82) is 0 Å². The zero-order valence-electron chi connectivity index (χ0n) is 13.4. The van der Waals surface area contributed by atoms with Gasteiger partial charge in [-0.3, -0.25) is 14.9 Å². The normalized spacial score (nSPS) is 10.9. The third kappa shape index (κ3) is 5.28. The molecule has 0 radical (unpaired) electrons. The summed E-state index contributed by atoms with van der Waals surface area (Å²) >= 11 is 0.